The van der Waals surface area contributed by atoms with E-state index in [4.69, 9.17) is 9.15 Å². The van der Waals surface area contributed by atoms with Gasteiger partial charge in [-0.15, -0.1) is 11.3 Å². The lowest BCUT2D eigenvalue weighted by Gasteiger charge is -2.05. The van der Waals surface area contributed by atoms with Crippen molar-refractivity contribution < 1.29 is 13.9 Å². The summed E-state index contributed by atoms with van der Waals surface area (Å²) in [4.78, 5) is 20.7. The van der Waals surface area contributed by atoms with E-state index in [2.05, 4.69) is 15.3 Å². The molecule has 0 bridgehead atoms. The summed E-state index contributed by atoms with van der Waals surface area (Å²) in [5.41, 5.74) is 2.45. The van der Waals surface area contributed by atoms with E-state index in [1.165, 1.54) is 17.4 Å². The number of carbonyl (C=O) groups is 1. The summed E-state index contributed by atoms with van der Waals surface area (Å²) in [5.74, 6) is 1.16. The van der Waals surface area contributed by atoms with E-state index in [-0.39, 0.29) is 5.91 Å². The van der Waals surface area contributed by atoms with E-state index in [0.29, 0.717) is 23.2 Å². The first kappa shape index (κ1) is 18.6. The molecule has 0 saturated heterocycles. The van der Waals surface area contributed by atoms with E-state index in [9.17, 15) is 4.79 Å². The molecule has 0 unspecified atom stereocenters. The van der Waals surface area contributed by atoms with Gasteiger partial charge >= 0.3 is 0 Å². The second-order valence-corrected chi connectivity index (χ2v) is 6.87. The van der Waals surface area contributed by atoms with Crippen LogP contribution in [0, 0.1) is 0 Å². The van der Waals surface area contributed by atoms with Crippen molar-refractivity contribution in [1.82, 2.24) is 9.97 Å². The fourth-order valence-corrected chi connectivity index (χ4v) is 3.21. The smallest absolute Gasteiger partial charge is 0.250 e. The van der Waals surface area contributed by atoms with Gasteiger partial charge in [0.05, 0.1) is 12.0 Å². The highest BCUT2D eigenvalue weighted by atomic mass is 32.1. The van der Waals surface area contributed by atoms with Gasteiger partial charge in [-0.05, 0) is 48.0 Å². The largest absolute Gasteiger partial charge is 0.487 e. The highest BCUT2D eigenvalue weighted by Crippen LogP contribution is 2.25. The molecule has 4 aromatic rings. The van der Waals surface area contributed by atoms with E-state index < -0.39 is 0 Å². The summed E-state index contributed by atoms with van der Waals surface area (Å²) < 4.78 is 11.0. The molecule has 0 aliphatic rings. The molecule has 0 aliphatic heterocycles. The van der Waals surface area contributed by atoms with Crippen molar-refractivity contribution in [3.8, 4) is 17.2 Å². The molecule has 1 aromatic carbocycles. The standard InChI is InChI=1S/C22H17N3O3S/c26-21(25-22-24-19(15-29-22)20-5-3-13-27-20)11-8-16-6-9-18(10-7-16)28-14-17-4-1-2-12-23-17/h1-13,15H,14H2,(H,24,25,26)/b11-8+. The predicted octanol–water partition coefficient (Wildman–Crippen LogP) is 5.03. The molecule has 3 aromatic heterocycles. The van der Waals surface area contributed by atoms with Crippen LogP contribution in [0.5, 0.6) is 5.75 Å². The third-order valence-electron chi connectivity index (χ3n) is 3.93. The molecule has 0 aliphatic carbocycles. The molecular weight excluding hydrogens is 386 g/mol. The second kappa shape index (κ2) is 8.99. The summed E-state index contributed by atoms with van der Waals surface area (Å²) in [5, 5.41) is 5.11. The fraction of sp³-hybridized carbons (Fsp3) is 0.0455. The number of hydrogen-bond donors (Lipinski definition) is 1. The molecule has 0 spiro atoms. The molecule has 0 fully saturated rings. The highest BCUT2D eigenvalue weighted by Gasteiger charge is 2.08. The van der Waals surface area contributed by atoms with Gasteiger partial charge in [0.1, 0.15) is 18.1 Å². The Bertz CT molecular complexity index is 1090. The third-order valence-corrected chi connectivity index (χ3v) is 4.69. The van der Waals surface area contributed by atoms with Crippen molar-refractivity contribution in [1.29, 1.82) is 0 Å². The molecule has 0 radical (unpaired) electrons. The van der Waals surface area contributed by atoms with Gasteiger partial charge in [-0.3, -0.25) is 15.1 Å². The molecule has 1 amide bonds. The van der Waals surface area contributed by atoms with Crippen LogP contribution in [-0.4, -0.2) is 15.9 Å². The number of furan rings is 1. The Kier molecular flexibility index (Phi) is 5.78. The van der Waals surface area contributed by atoms with Gasteiger partial charge in [0, 0.05) is 17.7 Å². The summed E-state index contributed by atoms with van der Waals surface area (Å²) in [6.45, 7) is 0.409. The van der Waals surface area contributed by atoms with Crippen LogP contribution < -0.4 is 10.1 Å². The molecule has 144 valence electrons. The second-order valence-electron chi connectivity index (χ2n) is 6.02. The molecule has 0 saturated carbocycles. The number of nitrogens with zero attached hydrogens (tertiary/aromatic N) is 2. The van der Waals surface area contributed by atoms with Crippen LogP contribution in [0.3, 0.4) is 0 Å². The summed E-state index contributed by atoms with van der Waals surface area (Å²) in [7, 11) is 0. The molecular formula is C22H17N3O3S. The van der Waals surface area contributed by atoms with Crippen LogP contribution in [-0.2, 0) is 11.4 Å². The van der Waals surface area contributed by atoms with Crippen LogP contribution in [0.1, 0.15) is 11.3 Å². The Morgan fingerprint density at radius 1 is 1.14 bits per heavy atom. The summed E-state index contributed by atoms with van der Waals surface area (Å²) in [6, 6.07) is 16.8. The maximum absolute atomic E-state index is 12.1. The molecule has 1 N–H and O–H groups in total. The number of hydrogen-bond acceptors (Lipinski definition) is 6. The monoisotopic (exact) mass is 403 g/mol. The van der Waals surface area contributed by atoms with Gasteiger partial charge in [0.15, 0.2) is 10.9 Å². The number of anilines is 1. The number of carbonyl (C=O) groups excluding carboxylic acids is 1. The van der Waals surface area contributed by atoms with Gasteiger partial charge in [-0.25, -0.2) is 4.98 Å². The number of pyridine rings is 1. The topological polar surface area (TPSA) is 77.2 Å². The minimum absolute atomic E-state index is 0.249. The van der Waals surface area contributed by atoms with Crippen molar-refractivity contribution in [2.45, 2.75) is 6.61 Å². The molecule has 0 atom stereocenters. The lowest BCUT2D eigenvalue weighted by Crippen LogP contribution is -2.07. The normalized spacial score (nSPS) is 10.9. The maximum atomic E-state index is 12.1. The fourth-order valence-electron chi connectivity index (χ4n) is 2.50. The van der Waals surface area contributed by atoms with Gasteiger partial charge in [-0.1, -0.05) is 18.2 Å². The number of amides is 1. The zero-order valence-electron chi connectivity index (χ0n) is 15.3. The Morgan fingerprint density at radius 2 is 2.03 bits per heavy atom. The maximum Gasteiger partial charge on any atom is 0.250 e. The van der Waals surface area contributed by atoms with Gasteiger partial charge in [0.25, 0.3) is 0 Å². The van der Waals surface area contributed by atoms with Crippen molar-refractivity contribution >= 4 is 28.5 Å². The lowest BCUT2D eigenvalue weighted by atomic mass is 10.2. The van der Waals surface area contributed by atoms with Crippen LogP contribution >= 0.6 is 11.3 Å². The van der Waals surface area contributed by atoms with Crippen LogP contribution in [0.2, 0.25) is 0 Å². The lowest BCUT2D eigenvalue weighted by molar-refractivity contribution is -0.111. The number of nitrogens with one attached hydrogen (secondary N) is 1. The Morgan fingerprint density at radius 3 is 2.79 bits per heavy atom. The molecule has 29 heavy (non-hydrogen) atoms. The van der Waals surface area contributed by atoms with Gasteiger partial charge in [-0.2, -0.15) is 0 Å². The number of thiazole rings is 1. The van der Waals surface area contributed by atoms with Crippen molar-refractivity contribution in [3.63, 3.8) is 0 Å². The van der Waals surface area contributed by atoms with Gasteiger partial charge in [0.2, 0.25) is 5.91 Å². The number of ether oxygens (including phenoxy) is 1. The Labute approximate surface area is 171 Å². The highest BCUT2D eigenvalue weighted by molar-refractivity contribution is 7.14. The minimum atomic E-state index is -0.249. The predicted molar refractivity (Wildman–Crippen MR) is 112 cm³/mol. The zero-order chi connectivity index (χ0) is 19.9. The summed E-state index contributed by atoms with van der Waals surface area (Å²) in [6.07, 6.45) is 6.53. The molecule has 7 heteroatoms. The first-order chi connectivity index (χ1) is 14.3. The number of benzene rings is 1. The number of aromatic nitrogens is 2. The molecule has 4 rings (SSSR count). The molecule has 3 heterocycles. The Hall–Kier alpha value is -3.71. The SMILES string of the molecule is O=C(/C=C/c1ccc(OCc2ccccn2)cc1)Nc1nc(-c2ccco2)cs1. The van der Waals surface area contributed by atoms with Crippen LogP contribution in [0.4, 0.5) is 5.13 Å². The number of rotatable bonds is 7. The van der Waals surface area contributed by atoms with Crippen molar-refractivity contribution in [3.05, 3.63) is 89.8 Å². The summed E-state index contributed by atoms with van der Waals surface area (Å²) >= 11 is 1.34. The van der Waals surface area contributed by atoms with Crippen molar-refractivity contribution in [2.24, 2.45) is 0 Å². The van der Waals surface area contributed by atoms with Gasteiger partial charge < -0.3 is 9.15 Å². The van der Waals surface area contributed by atoms with Crippen molar-refractivity contribution in [2.75, 3.05) is 5.32 Å². The van der Waals surface area contributed by atoms with Crippen LogP contribution in [0.25, 0.3) is 17.5 Å². The quantitative estimate of drug-likeness (QED) is 0.438. The third kappa shape index (κ3) is 5.18. The average Bonchev–Trinajstić information content (AvgIpc) is 3.44. The zero-order valence-corrected chi connectivity index (χ0v) is 16.1. The first-order valence-electron chi connectivity index (χ1n) is 8.87. The van der Waals surface area contributed by atoms with Crippen LogP contribution in [0.15, 0.2) is 82.9 Å². The first-order valence-corrected chi connectivity index (χ1v) is 9.75. The van der Waals surface area contributed by atoms with E-state index in [0.717, 1.165) is 17.0 Å². The average molecular weight is 403 g/mol. The minimum Gasteiger partial charge on any atom is -0.487 e. The van der Waals surface area contributed by atoms with E-state index in [1.54, 1.807) is 24.6 Å². The van der Waals surface area contributed by atoms with E-state index >= 15 is 0 Å². The Balaban J connectivity index is 1.30. The molecule has 6 nitrogen and oxygen atoms in total. The van der Waals surface area contributed by atoms with E-state index in [1.807, 2.05) is 53.9 Å².